The molecule has 2 atom stereocenters. The largest absolute Gasteiger partial charge is 0.460 e. The van der Waals surface area contributed by atoms with Crippen LogP contribution < -0.4 is 5.32 Å². The number of carbonyl (C=O) groups is 1. The number of nitrogens with one attached hydrogen (secondary N) is 1. The highest BCUT2D eigenvalue weighted by atomic mass is 16.5. The predicted molar refractivity (Wildman–Crippen MR) is 79.3 cm³/mol. The molecule has 2 unspecified atom stereocenters. The first kappa shape index (κ1) is 15.1. The number of rotatable bonds is 6. The molecule has 110 valence electrons. The van der Waals surface area contributed by atoms with Gasteiger partial charge in [0.25, 0.3) is 0 Å². The van der Waals surface area contributed by atoms with Crippen LogP contribution in [0.25, 0.3) is 10.4 Å². The van der Waals surface area contributed by atoms with Crippen LogP contribution in [0, 0.1) is 5.92 Å². The zero-order valence-electron chi connectivity index (χ0n) is 11.7. The van der Waals surface area contributed by atoms with E-state index in [4.69, 9.17) is 10.3 Å². The van der Waals surface area contributed by atoms with Gasteiger partial charge in [-0.05, 0) is 30.0 Å². The summed E-state index contributed by atoms with van der Waals surface area (Å²) in [7, 11) is 0. The van der Waals surface area contributed by atoms with Crippen LogP contribution in [0.15, 0.2) is 48.1 Å². The van der Waals surface area contributed by atoms with Gasteiger partial charge in [-0.25, -0.2) is 0 Å². The minimum atomic E-state index is -1.18. The normalized spacial score (nSPS) is 24.1. The number of esters is 1. The van der Waals surface area contributed by atoms with Crippen LogP contribution in [0.5, 0.6) is 0 Å². The Hall–Kier alpha value is -2.30. The molecule has 0 aliphatic carbocycles. The molecule has 0 saturated carbocycles. The second-order valence-electron chi connectivity index (χ2n) is 5.03. The molecule has 6 nitrogen and oxygen atoms in total. The monoisotopic (exact) mass is 286 g/mol. The van der Waals surface area contributed by atoms with E-state index in [0.29, 0.717) is 19.5 Å². The fraction of sp³-hybridized carbons (Fsp3) is 0.400. The summed E-state index contributed by atoms with van der Waals surface area (Å²) in [5.74, 6) is -0.616. The van der Waals surface area contributed by atoms with E-state index >= 15 is 0 Å². The van der Waals surface area contributed by atoms with Crippen molar-refractivity contribution < 1.29 is 9.53 Å². The average molecular weight is 286 g/mol. The summed E-state index contributed by atoms with van der Waals surface area (Å²) in [5, 5.41) is 6.86. The van der Waals surface area contributed by atoms with Crippen LogP contribution in [-0.4, -0.2) is 24.6 Å². The number of ether oxygens (including phenoxy) is 1. The van der Waals surface area contributed by atoms with Crippen molar-refractivity contribution in [3.05, 3.63) is 59.0 Å². The maximum absolute atomic E-state index is 12.5. The summed E-state index contributed by atoms with van der Waals surface area (Å²) in [6.07, 6.45) is 2.32. The molecule has 1 saturated heterocycles. The van der Waals surface area contributed by atoms with Gasteiger partial charge in [-0.15, -0.1) is 6.58 Å². The molecule has 0 bridgehead atoms. The smallest absolute Gasteiger partial charge is 0.320 e. The highest BCUT2D eigenvalue weighted by Crippen LogP contribution is 2.31. The van der Waals surface area contributed by atoms with Gasteiger partial charge in [-0.2, -0.15) is 0 Å². The molecule has 1 heterocycles. The zero-order chi connectivity index (χ0) is 15.1. The maximum Gasteiger partial charge on any atom is 0.320 e. The first-order chi connectivity index (χ1) is 10.2. The van der Waals surface area contributed by atoms with E-state index < -0.39 is 11.5 Å². The van der Waals surface area contributed by atoms with Crippen molar-refractivity contribution in [3.63, 3.8) is 0 Å². The Morgan fingerprint density at radius 1 is 1.57 bits per heavy atom. The Morgan fingerprint density at radius 3 is 3.00 bits per heavy atom. The van der Waals surface area contributed by atoms with Gasteiger partial charge >= 0.3 is 5.97 Å². The van der Waals surface area contributed by atoms with Crippen LogP contribution in [0.3, 0.4) is 0 Å². The van der Waals surface area contributed by atoms with Crippen LogP contribution in [0.2, 0.25) is 0 Å². The van der Waals surface area contributed by atoms with Crippen LogP contribution >= 0.6 is 0 Å². The second kappa shape index (κ2) is 6.92. The standard InChI is InChI=1S/C15H18N4O2/c1-2-6-13-9-17-11-15(13,18-19-16)14(20)21-10-12-7-4-3-5-8-12/h2-5,7-8,13,17H,1,6,9-11H2. The summed E-state index contributed by atoms with van der Waals surface area (Å²) in [5.41, 5.74) is 8.52. The topological polar surface area (TPSA) is 87.1 Å². The Labute approximate surface area is 123 Å². The molecule has 2 rings (SSSR count). The third-order valence-corrected chi connectivity index (χ3v) is 3.70. The lowest BCUT2D eigenvalue weighted by atomic mass is 9.85. The van der Waals surface area contributed by atoms with Gasteiger partial charge in [0, 0.05) is 11.5 Å². The lowest BCUT2D eigenvalue weighted by molar-refractivity contribution is -0.152. The summed E-state index contributed by atoms with van der Waals surface area (Å²) in [4.78, 5) is 15.3. The number of azide groups is 1. The van der Waals surface area contributed by atoms with E-state index in [9.17, 15) is 4.79 Å². The molecule has 1 fully saturated rings. The fourth-order valence-electron chi connectivity index (χ4n) is 2.55. The molecule has 1 aromatic carbocycles. The summed E-state index contributed by atoms with van der Waals surface area (Å²) in [6.45, 7) is 4.76. The van der Waals surface area contributed by atoms with Crippen molar-refractivity contribution in [2.24, 2.45) is 11.0 Å². The fourth-order valence-corrected chi connectivity index (χ4v) is 2.55. The van der Waals surface area contributed by atoms with Gasteiger partial charge in [0.2, 0.25) is 0 Å². The predicted octanol–water partition coefficient (Wildman–Crippen LogP) is 2.57. The number of benzene rings is 1. The molecule has 1 aliphatic rings. The van der Waals surface area contributed by atoms with Crippen LogP contribution in [-0.2, 0) is 16.1 Å². The third kappa shape index (κ3) is 3.24. The summed E-state index contributed by atoms with van der Waals surface area (Å²) >= 11 is 0. The summed E-state index contributed by atoms with van der Waals surface area (Å²) < 4.78 is 5.37. The van der Waals surface area contributed by atoms with Crippen molar-refractivity contribution in [1.82, 2.24) is 5.32 Å². The molecule has 1 aromatic rings. The maximum atomic E-state index is 12.5. The van der Waals surface area contributed by atoms with Gasteiger partial charge in [0.05, 0.1) is 0 Å². The Kier molecular flexibility index (Phi) is 4.98. The van der Waals surface area contributed by atoms with Gasteiger partial charge in [-0.1, -0.05) is 41.5 Å². The first-order valence-electron chi connectivity index (χ1n) is 6.82. The summed E-state index contributed by atoms with van der Waals surface area (Å²) in [6, 6.07) is 9.41. The van der Waals surface area contributed by atoms with E-state index in [-0.39, 0.29) is 12.5 Å². The van der Waals surface area contributed by atoms with Gasteiger partial charge in [0.1, 0.15) is 6.61 Å². The molecular formula is C15H18N4O2. The van der Waals surface area contributed by atoms with Crippen LogP contribution in [0.1, 0.15) is 12.0 Å². The Balaban J connectivity index is 2.12. The third-order valence-electron chi connectivity index (χ3n) is 3.70. The highest BCUT2D eigenvalue weighted by Gasteiger charge is 2.49. The van der Waals surface area contributed by atoms with Crippen molar-refractivity contribution in [2.45, 2.75) is 18.6 Å². The number of nitrogens with zero attached hydrogens (tertiary/aromatic N) is 3. The minimum absolute atomic E-state index is 0.130. The zero-order valence-corrected chi connectivity index (χ0v) is 11.7. The molecule has 0 amide bonds. The number of carbonyl (C=O) groups excluding carboxylic acids is 1. The van der Waals surface area contributed by atoms with Crippen molar-refractivity contribution in [3.8, 4) is 0 Å². The Morgan fingerprint density at radius 2 is 2.33 bits per heavy atom. The lowest BCUT2D eigenvalue weighted by Crippen LogP contribution is -2.45. The Bertz CT molecular complexity index is 554. The molecule has 1 aliphatic heterocycles. The van der Waals surface area contributed by atoms with E-state index in [1.165, 1.54) is 0 Å². The van der Waals surface area contributed by atoms with E-state index in [2.05, 4.69) is 21.9 Å². The molecule has 6 heteroatoms. The minimum Gasteiger partial charge on any atom is -0.460 e. The quantitative estimate of drug-likeness (QED) is 0.286. The highest BCUT2D eigenvalue weighted by molar-refractivity contribution is 5.82. The van der Waals surface area contributed by atoms with E-state index in [1.54, 1.807) is 6.08 Å². The number of hydrogen-bond donors (Lipinski definition) is 1. The molecule has 0 radical (unpaired) electrons. The molecule has 0 aromatic heterocycles. The molecule has 21 heavy (non-hydrogen) atoms. The first-order valence-corrected chi connectivity index (χ1v) is 6.82. The number of allylic oxidation sites excluding steroid dienone is 1. The lowest BCUT2D eigenvalue weighted by Gasteiger charge is -2.26. The van der Waals surface area contributed by atoms with Crippen molar-refractivity contribution in [1.29, 1.82) is 0 Å². The van der Waals surface area contributed by atoms with Gasteiger partial charge < -0.3 is 10.1 Å². The SMILES string of the molecule is C=CCC1CNCC1(N=[N+]=[N-])C(=O)OCc1ccccc1. The molecule has 0 spiro atoms. The van der Waals surface area contributed by atoms with Crippen molar-refractivity contribution >= 4 is 5.97 Å². The van der Waals surface area contributed by atoms with Gasteiger partial charge in [-0.3, -0.25) is 4.79 Å². The molecular weight excluding hydrogens is 268 g/mol. The molecule has 1 N–H and O–H groups in total. The second-order valence-corrected chi connectivity index (χ2v) is 5.03. The van der Waals surface area contributed by atoms with E-state index in [0.717, 1.165) is 5.56 Å². The number of hydrogen-bond acceptors (Lipinski definition) is 4. The van der Waals surface area contributed by atoms with E-state index in [1.807, 2.05) is 30.3 Å². The van der Waals surface area contributed by atoms with Crippen LogP contribution in [0.4, 0.5) is 0 Å². The van der Waals surface area contributed by atoms with Crippen molar-refractivity contribution in [2.75, 3.05) is 13.1 Å². The van der Waals surface area contributed by atoms with Gasteiger partial charge in [0.15, 0.2) is 5.54 Å². The average Bonchev–Trinajstić information content (AvgIpc) is 2.91.